The van der Waals surface area contributed by atoms with Gasteiger partial charge in [-0.3, -0.25) is 4.57 Å². The highest BCUT2D eigenvalue weighted by Crippen LogP contribution is 2.33. The van der Waals surface area contributed by atoms with Gasteiger partial charge in [0.25, 0.3) is 0 Å². The Labute approximate surface area is 183 Å². The van der Waals surface area contributed by atoms with Crippen molar-refractivity contribution in [2.45, 2.75) is 6.92 Å². The largest absolute Gasteiger partial charge is 0.457 e. The molecule has 0 saturated carbocycles. The quantitative estimate of drug-likeness (QED) is 0.200. The molecule has 3 nitrogen and oxygen atoms in total. The van der Waals surface area contributed by atoms with Crippen LogP contribution in [0.3, 0.4) is 0 Å². The lowest BCUT2D eigenvalue weighted by molar-refractivity contribution is 0.483. The van der Waals surface area contributed by atoms with Crippen LogP contribution in [0.2, 0.25) is 0 Å². The summed E-state index contributed by atoms with van der Waals surface area (Å²) in [6.07, 6.45) is 1.89. The molecule has 5 rings (SSSR count). The van der Waals surface area contributed by atoms with Gasteiger partial charge in [0.2, 0.25) is 0 Å². The molecule has 0 aliphatic carbocycles. The molecule has 0 unspecified atom stereocenters. The average molecular weight is 455 g/mol. The second kappa shape index (κ2) is 7.81. The summed E-state index contributed by atoms with van der Waals surface area (Å²) in [5.41, 5.74) is 4.32. The van der Waals surface area contributed by atoms with Gasteiger partial charge in [-0.15, -0.1) is 0 Å². The molecule has 146 valence electrons. The molecule has 0 fully saturated rings. The van der Waals surface area contributed by atoms with Crippen molar-refractivity contribution in [2.75, 3.05) is 0 Å². The molecule has 0 radical (unpaired) electrons. The van der Waals surface area contributed by atoms with Gasteiger partial charge in [0, 0.05) is 21.3 Å². The van der Waals surface area contributed by atoms with E-state index in [4.69, 9.17) is 9.73 Å². The molecule has 0 bridgehead atoms. The van der Waals surface area contributed by atoms with Gasteiger partial charge in [-0.2, -0.15) is 0 Å². The minimum atomic E-state index is 0.786. The maximum atomic E-state index is 6.11. The van der Waals surface area contributed by atoms with Gasteiger partial charge in [0.05, 0.1) is 16.7 Å². The Balaban J connectivity index is 1.62. The number of aryl methyl sites for hydroxylation is 1. The van der Waals surface area contributed by atoms with Gasteiger partial charge in [-0.25, -0.2) is 4.99 Å². The molecule has 5 aromatic rings. The Hall–Kier alpha value is -3.37. The van der Waals surface area contributed by atoms with E-state index < -0.39 is 0 Å². The first-order valence-electron chi connectivity index (χ1n) is 9.74. The van der Waals surface area contributed by atoms with Crippen molar-refractivity contribution in [1.82, 2.24) is 4.57 Å². The minimum absolute atomic E-state index is 0.786. The number of benzene rings is 4. The Morgan fingerprint density at radius 2 is 1.53 bits per heavy atom. The zero-order chi connectivity index (χ0) is 20.5. The predicted molar refractivity (Wildman–Crippen MR) is 128 cm³/mol. The Morgan fingerprint density at radius 3 is 2.37 bits per heavy atom. The Bertz CT molecular complexity index is 1380. The minimum Gasteiger partial charge on any atom is -0.457 e. The molecule has 30 heavy (non-hydrogen) atoms. The molecule has 0 aliphatic heterocycles. The van der Waals surface area contributed by atoms with Gasteiger partial charge < -0.3 is 4.74 Å². The Morgan fingerprint density at radius 1 is 0.767 bits per heavy atom. The second-order valence-electron chi connectivity index (χ2n) is 7.21. The van der Waals surface area contributed by atoms with Crippen molar-refractivity contribution in [3.8, 4) is 11.5 Å². The number of rotatable bonds is 4. The molecular formula is C26H19BrN2O. The molecule has 0 spiro atoms. The van der Waals surface area contributed by atoms with Crippen LogP contribution >= 0.6 is 15.9 Å². The molecule has 4 heteroatoms. The number of aromatic nitrogens is 1. The summed E-state index contributed by atoms with van der Waals surface area (Å²) in [5.74, 6) is 1.58. The van der Waals surface area contributed by atoms with Crippen molar-refractivity contribution < 1.29 is 4.74 Å². The van der Waals surface area contributed by atoms with Gasteiger partial charge in [-0.1, -0.05) is 57.9 Å². The fourth-order valence-electron chi connectivity index (χ4n) is 3.59. The Kier molecular flexibility index (Phi) is 4.85. The summed E-state index contributed by atoms with van der Waals surface area (Å²) in [4.78, 5) is 4.71. The van der Waals surface area contributed by atoms with E-state index in [1.165, 1.54) is 16.3 Å². The summed E-state index contributed by atoms with van der Waals surface area (Å²) in [6.45, 7) is 2.08. The monoisotopic (exact) mass is 454 g/mol. The number of para-hydroxylation sites is 1. The maximum absolute atomic E-state index is 6.11. The van der Waals surface area contributed by atoms with E-state index in [1.54, 1.807) is 0 Å². The SMILES string of the molecule is Cc1ccc(N=Cn2c3ccccc3c3ccc(Oc4cccc(Br)c4)cc32)cc1. The lowest BCUT2D eigenvalue weighted by atomic mass is 10.1. The van der Waals surface area contributed by atoms with Crippen LogP contribution in [-0.4, -0.2) is 10.9 Å². The summed E-state index contributed by atoms with van der Waals surface area (Å²) in [7, 11) is 0. The molecule has 0 N–H and O–H groups in total. The van der Waals surface area contributed by atoms with Crippen LogP contribution in [-0.2, 0) is 0 Å². The summed E-state index contributed by atoms with van der Waals surface area (Å²) >= 11 is 3.50. The van der Waals surface area contributed by atoms with E-state index in [9.17, 15) is 0 Å². The number of nitrogens with zero attached hydrogens (tertiary/aromatic N) is 2. The molecule has 0 amide bonds. The van der Waals surface area contributed by atoms with Crippen molar-refractivity contribution >= 4 is 49.8 Å². The highest BCUT2D eigenvalue weighted by Gasteiger charge is 2.11. The number of halogens is 1. The fourth-order valence-corrected chi connectivity index (χ4v) is 3.97. The van der Waals surface area contributed by atoms with Gasteiger partial charge >= 0.3 is 0 Å². The molecule has 0 aliphatic rings. The zero-order valence-electron chi connectivity index (χ0n) is 16.4. The first kappa shape index (κ1) is 18.6. The normalized spacial score (nSPS) is 11.5. The van der Waals surface area contributed by atoms with Crippen LogP contribution < -0.4 is 4.74 Å². The fraction of sp³-hybridized carbons (Fsp3) is 0.0385. The van der Waals surface area contributed by atoms with Crippen LogP contribution in [0.25, 0.3) is 21.8 Å². The molecule has 0 saturated heterocycles. The van der Waals surface area contributed by atoms with E-state index in [-0.39, 0.29) is 0 Å². The second-order valence-corrected chi connectivity index (χ2v) is 8.12. The first-order valence-corrected chi connectivity index (χ1v) is 10.5. The van der Waals surface area contributed by atoms with Crippen molar-refractivity contribution in [1.29, 1.82) is 0 Å². The van der Waals surface area contributed by atoms with E-state index in [0.717, 1.165) is 32.7 Å². The summed E-state index contributed by atoms with van der Waals surface area (Å²) in [6, 6.07) is 30.6. The van der Waals surface area contributed by atoms with Crippen LogP contribution in [0.4, 0.5) is 5.69 Å². The summed E-state index contributed by atoms with van der Waals surface area (Å²) < 4.78 is 9.22. The maximum Gasteiger partial charge on any atom is 0.129 e. The third-order valence-electron chi connectivity index (χ3n) is 5.07. The van der Waals surface area contributed by atoms with Crippen molar-refractivity contribution in [2.24, 2.45) is 4.99 Å². The van der Waals surface area contributed by atoms with Crippen LogP contribution in [0, 0.1) is 6.92 Å². The first-order chi connectivity index (χ1) is 14.7. The molecule has 0 atom stereocenters. The predicted octanol–water partition coefficient (Wildman–Crippen LogP) is 7.87. The van der Waals surface area contributed by atoms with Gasteiger partial charge in [-0.05, 0) is 55.5 Å². The smallest absolute Gasteiger partial charge is 0.129 e. The zero-order valence-corrected chi connectivity index (χ0v) is 18.0. The van der Waals surface area contributed by atoms with E-state index in [0.29, 0.717) is 0 Å². The number of ether oxygens (including phenoxy) is 1. The van der Waals surface area contributed by atoms with Crippen LogP contribution in [0.5, 0.6) is 11.5 Å². The molecule has 4 aromatic carbocycles. The lowest BCUT2D eigenvalue weighted by Gasteiger charge is -2.07. The highest BCUT2D eigenvalue weighted by molar-refractivity contribution is 9.10. The van der Waals surface area contributed by atoms with Crippen molar-refractivity contribution in [3.05, 3.63) is 101 Å². The molecular weight excluding hydrogens is 436 g/mol. The number of hydrogen-bond donors (Lipinski definition) is 0. The van der Waals surface area contributed by atoms with Crippen molar-refractivity contribution in [3.63, 3.8) is 0 Å². The van der Waals surface area contributed by atoms with E-state index >= 15 is 0 Å². The van der Waals surface area contributed by atoms with E-state index in [2.05, 4.69) is 76.0 Å². The van der Waals surface area contributed by atoms with Gasteiger partial charge in [0.1, 0.15) is 17.8 Å². The topological polar surface area (TPSA) is 26.5 Å². The van der Waals surface area contributed by atoms with E-state index in [1.807, 2.05) is 48.8 Å². The lowest BCUT2D eigenvalue weighted by Crippen LogP contribution is -1.94. The van der Waals surface area contributed by atoms with Crippen LogP contribution in [0.15, 0.2) is 100 Å². The van der Waals surface area contributed by atoms with Gasteiger partial charge in [0.15, 0.2) is 0 Å². The third kappa shape index (κ3) is 3.62. The number of hydrogen-bond acceptors (Lipinski definition) is 2. The van der Waals surface area contributed by atoms with Crippen LogP contribution in [0.1, 0.15) is 5.56 Å². The number of fused-ring (bicyclic) bond motifs is 3. The molecule has 1 heterocycles. The summed E-state index contributed by atoms with van der Waals surface area (Å²) in [5, 5.41) is 2.36. The number of aliphatic imine (C=N–C) groups is 1. The molecule has 1 aromatic heterocycles. The average Bonchev–Trinajstić information content (AvgIpc) is 3.06. The third-order valence-corrected chi connectivity index (χ3v) is 5.56. The highest BCUT2D eigenvalue weighted by atomic mass is 79.9. The standard InChI is InChI=1S/C26H19BrN2O/c1-18-9-11-20(12-10-18)28-17-29-25-8-3-2-7-23(25)24-14-13-22(16-26(24)29)30-21-6-4-5-19(27)15-21/h2-17H,1H3.